The van der Waals surface area contributed by atoms with E-state index in [-0.39, 0.29) is 24.1 Å². The summed E-state index contributed by atoms with van der Waals surface area (Å²) in [5.74, 6) is 6.66. The maximum atomic E-state index is 12.9. The predicted molar refractivity (Wildman–Crippen MR) is 112 cm³/mol. The number of carbonyl (C=O) groups is 1. The van der Waals surface area contributed by atoms with E-state index < -0.39 is 0 Å². The molecular formula is C19H19BrFN5O2S. The van der Waals surface area contributed by atoms with E-state index >= 15 is 0 Å². The van der Waals surface area contributed by atoms with E-state index in [1.54, 1.807) is 11.9 Å². The second-order valence-electron chi connectivity index (χ2n) is 6.14. The first-order valence-corrected chi connectivity index (χ1v) is 10.4. The van der Waals surface area contributed by atoms with Crippen LogP contribution in [0.5, 0.6) is 5.75 Å². The van der Waals surface area contributed by atoms with Crippen molar-refractivity contribution in [2.45, 2.75) is 18.3 Å². The Labute approximate surface area is 180 Å². The number of carbonyl (C=O) groups excluding carboxylic acids is 1. The number of hydrogen-bond donors (Lipinski definition) is 1. The van der Waals surface area contributed by atoms with E-state index in [4.69, 9.17) is 10.6 Å². The lowest BCUT2D eigenvalue weighted by Crippen LogP contribution is -2.28. The van der Waals surface area contributed by atoms with Crippen molar-refractivity contribution in [2.75, 3.05) is 18.6 Å². The molecule has 3 rings (SSSR count). The van der Waals surface area contributed by atoms with Crippen molar-refractivity contribution < 1.29 is 13.9 Å². The first kappa shape index (κ1) is 21.1. The number of rotatable bonds is 8. The largest absolute Gasteiger partial charge is 0.486 e. The number of amides is 1. The molecule has 0 unspecified atom stereocenters. The third kappa shape index (κ3) is 5.70. The average Bonchev–Trinajstić information content (AvgIpc) is 3.07. The molecule has 0 atom stereocenters. The van der Waals surface area contributed by atoms with Crippen LogP contribution in [-0.2, 0) is 17.9 Å². The molecule has 7 nitrogen and oxygen atoms in total. The van der Waals surface area contributed by atoms with E-state index in [0.29, 0.717) is 23.3 Å². The molecule has 10 heteroatoms. The smallest absolute Gasteiger partial charge is 0.233 e. The van der Waals surface area contributed by atoms with Gasteiger partial charge in [0.1, 0.15) is 18.2 Å². The summed E-state index contributed by atoms with van der Waals surface area (Å²) in [6.07, 6.45) is 0. The molecule has 0 radical (unpaired) electrons. The highest BCUT2D eigenvalue weighted by Crippen LogP contribution is 2.20. The zero-order valence-corrected chi connectivity index (χ0v) is 18.0. The van der Waals surface area contributed by atoms with Gasteiger partial charge in [-0.1, -0.05) is 45.9 Å². The highest BCUT2D eigenvalue weighted by Gasteiger charge is 2.16. The van der Waals surface area contributed by atoms with E-state index in [0.717, 1.165) is 10.0 Å². The SMILES string of the molecule is CN(Cc1ccccc1Br)C(=O)CSc1nnc(COc2ccc(F)cc2)n1N. The van der Waals surface area contributed by atoms with Crippen molar-refractivity contribution in [3.8, 4) is 5.75 Å². The first-order chi connectivity index (χ1) is 13.9. The number of nitrogen functional groups attached to an aromatic ring is 1. The Morgan fingerprint density at radius 1 is 1.24 bits per heavy atom. The molecule has 0 aliphatic rings. The van der Waals surface area contributed by atoms with Gasteiger partial charge in [0, 0.05) is 18.1 Å². The Morgan fingerprint density at radius 2 is 1.97 bits per heavy atom. The maximum absolute atomic E-state index is 12.9. The molecular weight excluding hydrogens is 461 g/mol. The number of thioether (sulfide) groups is 1. The highest BCUT2D eigenvalue weighted by molar-refractivity contribution is 9.10. The Morgan fingerprint density at radius 3 is 2.69 bits per heavy atom. The van der Waals surface area contributed by atoms with Gasteiger partial charge in [-0.05, 0) is 35.9 Å². The zero-order valence-electron chi connectivity index (χ0n) is 15.6. The van der Waals surface area contributed by atoms with Gasteiger partial charge in [0.25, 0.3) is 0 Å². The van der Waals surface area contributed by atoms with Crippen molar-refractivity contribution in [3.63, 3.8) is 0 Å². The lowest BCUT2D eigenvalue weighted by molar-refractivity contribution is -0.127. The molecule has 0 saturated heterocycles. The van der Waals surface area contributed by atoms with Gasteiger partial charge in [-0.15, -0.1) is 10.2 Å². The minimum absolute atomic E-state index is 0.0575. The molecule has 2 aromatic carbocycles. The summed E-state index contributed by atoms with van der Waals surface area (Å²) in [4.78, 5) is 14.1. The number of nitrogens with two attached hydrogens (primary N) is 1. The van der Waals surface area contributed by atoms with Gasteiger partial charge >= 0.3 is 0 Å². The third-order valence-electron chi connectivity index (χ3n) is 4.03. The second-order valence-corrected chi connectivity index (χ2v) is 7.94. The second kappa shape index (κ2) is 9.75. The van der Waals surface area contributed by atoms with Crippen LogP contribution in [0, 0.1) is 5.82 Å². The Kier molecular flexibility index (Phi) is 7.10. The van der Waals surface area contributed by atoms with Gasteiger partial charge in [0.05, 0.1) is 5.75 Å². The Balaban J connectivity index is 1.52. The standard InChI is InChI=1S/C19H19BrFN5O2S/c1-25(10-13-4-2-3-5-16(13)20)18(27)12-29-19-24-23-17(26(19)22)11-28-15-8-6-14(21)7-9-15/h2-9H,10-12,22H2,1H3. The van der Waals surface area contributed by atoms with Gasteiger partial charge < -0.3 is 15.5 Å². The summed E-state index contributed by atoms with van der Waals surface area (Å²) < 4.78 is 20.7. The molecule has 0 fully saturated rings. The molecule has 0 spiro atoms. The minimum Gasteiger partial charge on any atom is -0.486 e. The van der Waals surface area contributed by atoms with Crippen LogP contribution in [0.4, 0.5) is 4.39 Å². The van der Waals surface area contributed by atoms with E-state index in [9.17, 15) is 9.18 Å². The fourth-order valence-corrected chi connectivity index (χ4v) is 3.62. The van der Waals surface area contributed by atoms with Crippen LogP contribution in [0.25, 0.3) is 0 Å². The predicted octanol–water partition coefficient (Wildman–Crippen LogP) is 3.22. The molecule has 1 aromatic heterocycles. The molecule has 2 N–H and O–H groups in total. The molecule has 1 heterocycles. The Hall–Kier alpha value is -2.59. The Bertz CT molecular complexity index is 983. The van der Waals surface area contributed by atoms with Gasteiger partial charge in [-0.25, -0.2) is 9.07 Å². The van der Waals surface area contributed by atoms with Gasteiger partial charge in [-0.3, -0.25) is 4.79 Å². The first-order valence-electron chi connectivity index (χ1n) is 8.62. The summed E-state index contributed by atoms with van der Waals surface area (Å²) in [7, 11) is 1.75. The molecule has 0 bridgehead atoms. The summed E-state index contributed by atoms with van der Waals surface area (Å²) in [6, 6.07) is 13.4. The van der Waals surface area contributed by atoms with E-state index in [1.807, 2.05) is 24.3 Å². The molecule has 3 aromatic rings. The van der Waals surface area contributed by atoms with E-state index in [1.165, 1.54) is 40.7 Å². The normalized spacial score (nSPS) is 10.7. The summed E-state index contributed by atoms with van der Waals surface area (Å²) in [5, 5.41) is 8.40. The summed E-state index contributed by atoms with van der Waals surface area (Å²) in [6.45, 7) is 0.568. The third-order valence-corrected chi connectivity index (χ3v) is 5.73. The van der Waals surface area contributed by atoms with Gasteiger partial charge in [-0.2, -0.15) is 0 Å². The van der Waals surface area contributed by atoms with Crippen molar-refractivity contribution in [2.24, 2.45) is 0 Å². The molecule has 152 valence electrons. The molecule has 29 heavy (non-hydrogen) atoms. The minimum atomic E-state index is -0.340. The molecule has 0 aliphatic carbocycles. The number of nitrogens with zero attached hydrogens (tertiary/aromatic N) is 4. The zero-order chi connectivity index (χ0) is 20.8. The summed E-state index contributed by atoms with van der Waals surface area (Å²) in [5.41, 5.74) is 1.02. The molecule has 0 aliphatic heterocycles. The van der Waals surface area contributed by atoms with Crippen molar-refractivity contribution in [1.29, 1.82) is 0 Å². The number of hydrogen-bond acceptors (Lipinski definition) is 6. The van der Waals surface area contributed by atoms with Crippen molar-refractivity contribution >= 4 is 33.6 Å². The van der Waals surface area contributed by atoms with Crippen LogP contribution < -0.4 is 10.6 Å². The van der Waals surface area contributed by atoms with Crippen LogP contribution in [0.2, 0.25) is 0 Å². The fraction of sp³-hybridized carbons (Fsp3) is 0.211. The number of halogens is 2. The van der Waals surface area contributed by atoms with Crippen LogP contribution in [-0.4, -0.2) is 38.5 Å². The molecule has 1 amide bonds. The monoisotopic (exact) mass is 479 g/mol. The lowest BCUT2D eigenvalue weighted by Gasteiger charge is -2.17. The number of ether oxygens (including phenoxy) is 1. The van der Waals surface area contributed by atoms with Gasteiger partial charge in [0.2, 0.25) is 11.1 Å². The van der Waals surface area contributed by atoms with Crippen molar-refractivity contribution in [3.05, 3.63) is 70.2 Å². The highest BCUT2D eigenvalue weighted by atomic mass is 79.9. The fourth-order valence-electron chi connectivity index (χ4n) is 2.39. The van der Waals surface area contributed by atoms with Crippen molar-refractivity contribution in [1.82, 2.24) is 19.8 Å². The lowest BCUT2D eigenvalue weighted by atomic mass is 10.2. The topological polar surface area (TPSA) is 86.3 Å². The van der Waals surface area contributed by atoms with Crippen LogP contribution >= 0.6 is 27.7 Å². The number of aromatic nitrogens is 3. The van der Waals surface area contributed by atoms with Gasteiger partial charge in [0.15, 0.2) is 5.82 Å². The molecule has 0 saturated carbocycles. The maximum Gasteiger partial charge on any atom is 0.233 e. The quantitative estimate of drug-likeness (QED) is 0.394. The van der Waals surface area contributed by atoms with Crippen LogP contribution in [0.1, 0.15) is 11.4 Å². The van der Waals surface area contributed by atoms with Crippen LogP contribution in [0.3, 0.4) is 0 Å². The average molecular weight is 480 g/mol. The number of benzene rings is 2. The van der Waals surface area contributed by atoms with Crippen LogP contribution in [0.15, 0.2) is 58.2 Å². The van der Waals surface area contributed by atoms with E-state index in [2.05, 4.69) is 26.1 Å². The summed E-state index contributed by atoms with van der Waals surface area (Å²) >= 11 is 4.68.